The first-order chi connectivity index (χ1) is 12.8. The molecule has 0 aliphatic carbocycles. The van der Waals surface area contributed by atoms with Crippen molar-refractivity contribution in [3.8, 4) is 0 Å². The van der Waals surface area contributed by atoms with Crippen LogP contribution in [0.2, 0.25) is 0 Å². The lowest BCUT2D eigenvalue weighted by molar-refractivity contribution is -0.119. The highest BCUT2D eigenvalue weighted by atomic mass is 32.2. The van der Waals surface area contributed by atoms with Gasteiger partial charge in [-0.15, -0.1) is 0 Å². The molecule has 0 saturated carbocycles. The number of anilines is 1. The Balaban J connectivity index is 1.77. The van der Waals surface area contributed by atoms with E-state index in [9.17, 15) is 18.0 Å². The quantitative estimate of drug-likeness (QED) is 0.779. The summed E-state index contributed by atoms with van der Waals surface area (Å²) in [6, 6.07) is 9.98. The first-order valence-electron chi connectivity index (χ1n) is 8.61. The zero-order valence-electron chi connectivity index (χ0n) is 15.2. The van der Waals surface area contributed by atoms with Gasteiger partial charge in [0.15, 0.2) is 0 Å². The minimum atomic E-state index is -3.69. The second-order valence-corrected chi connectivity index (χ2v) is 8.53. The maximum absolute atomic E-state index is 12.7. The van der Waals surface area contributed by atoms with Crippen LogP contribution in [0.3, 0.4) is 0 Å². The summed E-state index contributed by atoms with van der Waals surface area (Å²) >= 11 is 0. The summed E-state index contributed by atoms with van der Waals surface area (Å²) in [4.78, 5) is 30.5. The molecule has 142 valence electrons. The Morgan fingerprint density at radius 1 is 1.26 bits per heavy atom. The Hall–Kier alpha value is -2.74. The third-order valence-electron chi connectivity index (χ3n) is 4.52. The zero-order valence-corrected chi connectivity index (χ0v) is 16.0. The van der Waals surface area contributed by atoms with Crippen molar-refractivity contribution in [2.75, 3.05) is 23.7 Å². The van der Waals surface area contributed by atoms with Gasteiger partial charge in [-0.05, 0) is 42.3 Å². The first-order valence-corrected chi connectivity index (χ1v) is 10.2. The van der Waals surface area contributed by atoms with Gasteiger partial charge in [0.25, 0.3) is 5.91 Å². The molecule has 1 aromatic carbocycles. The third kappa shape index (κ3) is 4.00. The number of likely N-dealkylation sites (N-methyl/N-ethyl adjacent to an activating group) is 1. The molecule has 2 heterocycles. The Kier molecular flexibility index (Phi) is 5.27. The third-order valence-corrected chi connectivity index (χ3v) is 6.39. The predicted molar refractivity (Wildman–Crippen MR) is 102 cm³/mol. The Morgan fingerprint density at radius 2 is 1.96 bits per heavy atom. The largest absolute Gasteiger partial charge is 0.341 e. The molecule has 1 unspecified atom stereocenters. The summed E-state index contributed by atoms with van der Waals surface area (Å²) in [5.74, 6) is -1.50. The Bertz CT molecular complexity index is 960. The van der Waals surface area contributed by atoms with E-state index in [2.05, 4.69) is 4.98 Å². The van der Waals surface area contributed by atoms with Crippen LogP contribution in [0.1, 0.15) is 22.8 Å². The van der Waals surface area contributed by atoms with Crippen molar-refractivity contribution in [1.29, 1.82) is 0 Å². The molecule has 3 rings (SSSR count). The summed E-state index contributed by atoms with van der Waals surface area (Å²) in [5.41, 5.74) is 1.62. The van der Waals surface area contributed by atoms with Gasteiger partial charge < -0.3 is 4.90 Å². The average Bonchev–Trinajstić information content (AvgIpc) is 2.86. The van der Waals surface area contributed by atoms with Crippen LogP contribution in [-0.4, -0.2) is 49.5 Å². The van der Waals surface area contributed by atoms with E-state index in [0.717, 1.165) is 9.87 Å². The van der Waals surface area contributed by atoms with Crippen LogP contribution in [0.15, 0.2) is 48.8 Å². The topological polar surface area (TPSA) is 87.7 Å². The lowest BCUT2D eigenvalue weighted by Gasteiger charge is -2.19. The predicted octanol–water partition coefficient (Wildman–Crippen LogP) is 1.71. The molecule has 7 nitrogen and oxygen atoms in total. The number of amides is 2. The van der Waals surface area contributed by atoms with Crippen molar-refractivity contribution in [2.24, 2.45) is 5.92 Å². The molecule has 1 saturated heterocycles. The van der Waals surface area contributed by atoms with E-state index in [1.54, 1.807) is 43.4 Å². The van der Waals surface area contributed by atoms with Crippen molar-refractivity contribution in [1.82, 2.24) is 9.88 Å². The van der Waals surface area contributed by atoms with E-state index < -0.39 is 21.8 Å². The number of hydrogen-bond acceptors (Lipinski definition) is 5. The highest BCUT2D eigenvalue weighted by molar-refractivity contribution is 7.94. The summed E-state index contributed by atoms with van der Waals surface area (Å²) in [6.45, 7) is 2.09. The van der Waals surface area contributed by atoms with Gasteiger partial charge in [0.2, 0.25) is 15.9 Å². The number of aromatic nitrogens is 1. The van der Waals surface area contributed by atoms with E-state index >= 15 is 0 Å². The molecule has 8 heteroatoms. The molecule has 2 aromatic rings. The fourth-order valence-corrected chi connectivity index (χ4v) is 4.83. The molecule has 1 aliphatic heterocycles. The first kappa shape index (κ1) is 19.0. The van der Waals surface area contributed by atoms with Crippen molar-refractivity contribution < 1.29 is 18.0 Å². The molecule has 0 bridgehead atoms. The van der Waals surface area contributed by atoms with Crippen molar-refractivity contribution in [2.45, 2.75) is 13.3 Å². The number of benzene rings is 1. The van der Waals surface area contributed by atoms with Crippen molar-refractivity contribution in [3.05, 3.63) is 59.9 Å². The SMILES string of the molecule is CC1CS(=O)(=O)N(c2cccc(C(=O)N(C)CCc3ccncc3)c2)C1=O. The fraction of sp³-hybridized carbons (Fsp3) is 0.316. The lowest BCUT2D eigenvalue weighted by atomic mass is 10.1. The highest BCUT2D eigenvalue weighted by Gasteiger charge is 2.42. The van der Waals surface area contributed by atoms with Gasteiger partial charge in [0.05, 0.1) is 17.4 Å². The second kappa shape index (κ2) is 7.48. The molecule has 27 heavy (non-hydrogen) atoms. The Labute approximate surface area is 158 Å². The van der Waals surface area contributed by atoms with Gasteiger partial charge in [-0.25, -0.2) is 12.7 Å². The number of carbonyl (C=O) groups excluding carboxylic acids is 2. The second-order valence-electron chi connectivity index (χ2n) is 6.66. The number of rotatable bonds is 5. The summed E-state index contributed by atoms with van der Waals surface area (Å²) in [7, 11) is -2.00. The number of hydrogen-bond donors (Lipinski definition) is 0. The van der Waals surface area contributed by atoms with Gasteiger partial charge in [0, 0.05) is 31.5 Å². The molecular weight excluding hydrogens is 366 g/mol. The van der Waals surface area contributed by atoms with E-state index in [1.807, 2.05) is 12.1 Å². The van der Waals surface area contributed by atoms with E-state index in [4.69, 9.17) is 0 Å². The lowest BCUT2D eigenvalue weighted by Crippen LogP contribution is -2.31. The van der Waals surface area contributed by atoms with Gasteiger partial charge >= 0.3 is 0 Å². The molecule has 2 amide bonds. The van der Waals surface area contributed by atoms with Crippen molar-refractivity contribution in [3.63, 3.8) is 0 Å². The molecular formula is C19H21N3O4S. The smallest absolute Gasteiger partial charge is 0.253 e. The summed E-state index contributed by atoms with van der Waals surface area (Å²) in [6.07, 6.45) is 4.09. The minimum Gasteiger partial charge on any atom is -0.341 e. The summed E-state index contributed by atoms with van der Waals surface area (Å²) < 4.78 is 25.3. The maximum atomic E-state index is 12.7. The minimum absolute atomic E-state index is 0.206. The van der Waals surface area contributed by atoms with E-state index in [-0.39, 0.29) is 17.3 Å². The van der Waals surface area contributed by atoms with E-state index in [1.165, 1.54) is 12.1 Å². The van der Waals surface area contributed by atoms with Crippen LogP contribution in [-0.2, 0) is 21.2 Å². The maximum Gasteiger partial charge on any atom is 0.253 e. The molecule has 0 spiro atoms. The van der Waals surface area contributed by atoms with E-state index in [0.29, 0.717) is 18.5 Å². The molecule has 1 aromatic heterocycles. The van der Waals surface area contributed by atoms with Crippen LogP contribution in [0, 0.1) is 5.92 Å². The van der Waals surface area contributed by atoms with Crippen LogP contribution in [0.5, 0.6) is 0 Å². The molecule has 1 aliphatic rings. The number of sulfonamides is 1. The molecule has 0 N–H and O–H groups in total. The molecule has 1 fully saturated rings. The van der Waals surface area contributed by atoms with Gasteiger partial charge in [0.1, 0.15) is 0 Å². The van der Waals surface area contributed by atoms with Crippen molar-refractivity contribution >= 4 is 27.5 Å². The fourth-order valence-electron chi connectivity index (χ4n) is 3.02. The molecule has 0 radical (unpaired) electrons. The van der Waals surface area contributed by atoms with Crippen LogP contribution in [0.4, 0.5) is 5.69 Å². The monoisotopic (exact) mass is 387 g/mol. The molecule has 1 atom stereocenters. The zero-order chi connectivity index (χ0) is 19.6. The van der Waals surface area contributed by atoms with Gasteiger partial charge in [-0.3, -0.25) is 14.6 Å². The average molecular weight is 387 g/mol. The van der Waals surface area contributed by atoms with Crippen LogP contribution < -0.4 is 4.31 Å². The number of pyridine rings is 1. The number of nitrogens with zero attached hydrogens (tertiary/aromatic N) is 3. The Morgan fingerprint density at radius 3 is 2.59 bits per heavy atom. The standard InChI is InChI=1S/C19H21N3O4S/c1-14-13-27(25,26)22(18(14)23)17-5-3-4-16(12-17)19(24)21(2)11-8-15-6-9-20-10-7-15/h3-7,9-10,12,14H,8,11,13H2,1-2H3. The normalized spacial score (nSPS) is 18.5. The summed E-state index contributed by atoms with van der Waals surface area (Å²) in [5, 5.41) is 0. The van der Waals surface area contributed by atoms with Gasteiger partial charge in [-0.1, -0.05) is 13.0 Å². The van der Waals surface area contributed by atoms with Crippen LogP contribution in [0.25, 0.3) is 0 Å². The highest BCUT2D eigenvalue weighted by Crippen LogP contribution is 2.29. The number of carbonyl (C=O) groups is 2. The van der Waals surface area contributed by atoms with Crippen LogP contribution >= 0.6 is 0 Å². The van der Waals surface area contributed by atoms with Gasteiger partial charge in [-0.2, -0.15) is 0 Å².